The van der Waals surface area contributed by atoms with Crippen molar-refractivity contribution in [1.29, 1.82) is 0 Å². The van der Waals surface area contributed by atoms with E-state index in [1.165, 1.54) is 53.7 Å². The Hall–Kier alpha value is -9.95. The normalized spacial score (nSPS) is 13.0. The van der Waals surface area contributed by atoms with Crippen LogP contribution in [0.1, 0.15) is 49.9 Å². The fraction of sp³-hybridized carbons (Fsp3) is 0.103. The van der Waals surface area contributed by atoms with E-state index in [1.54, 1.807) is 0 Å². The van der Waals surface area contributed by atoms with Crippen molar-refractivity contribution < 1.29 is 4.74 Å². The average molecular weight is 1140 g/mol. The molecule has 4 aliphatic heterocycles. The van der Waals surface area contributed by atoms with Gasteiger partial charge >= 0.3 is 0 Å². The van der Waals surface area contributed by atoms with Crippen LogP contribution in [-0.4, -0.2) is 13.4 Å². The van der Waals surface area contributed by atoms with Gasteiger partial charge in [0.2, 0.25) is 0 Å². The fourth-order valence-electron chi connectivity index (χ4n) is 14.0. The molecule has 0 radical (unpaired) electrons. The zero-order valence-corrected chi connectivity index (χ0v) is 50.2. The first-order valence-electron chi connectivity index (χ1n) is 30.9. The zero-order valence-electron chi connectivity index (χ0n) is 49.4. The minimum atomic E-state index is -0.149. The number of thiophene rings is 1. The maximum absolute atomic E-state index is 8.04. The molecule has 87 heavy (non-hydrogen) atoms. The Morgan fingerprint density at radius 2 is 0.678 bits per heavy atom. The van der Waals surface area contributed by atoms with Crippen LogP contribution < -0.4 is 60.6 Å². The number of benzene rings is 11. The predicted octanol–water partition coefficient (Wildman–Crippen LogP) is 17.4. The minimum absolute atomic E-state index is 0.138. The number of hydrogen-bond acceptors (Lipinski definition) is 7. The second-order valence-electron chi connectivity index (χ2n) is 23.1. The molecule has 9 heteroatoms. The van der Waals surface area contributed by atoms with Gasteiger partial charge in [-0.1, -0.05) is 167 Å². The molecule has 5 heterocycles. The third-order valence-electron chi connectivity index (χ3n) is 18.3. The Morgan fingerprint density at radius 3 is 1.09 bits per heavy atom. The lowest BCUT2D eigenvalue weighted by Gasteiger charge is -2.44. The van der Waals surface area contributed by atoms with Crippen LogP contribution in [-0.2, 0) is 25.7 Å². The molecule has 418 valence electrons. The van der Waals surface area contributed by atoms with Crippen molar-refractivity contribution in [2.24, 2.45) is 0 Å². The van der Waals surface area contributed by atoms with Crippen LogP contribution in [0.4, 0.5) is 85.3 Å². The van der Waals surface area contributed by atoms with Crippen molar-refractivity contribution >= 4 is 141 Å². The van der Waals surface area contributed by atoms with Gasteiger partial charge in [-0.2, -0.15) is 11.3 Å². The highest BCUT2D eigenvalue weighted by Crippen LogP contribution is 2.54. The first-order valence-corrected chi connectivity index (χ1v) is 31.7. The summed E-state index contributed by atoms with van der Waals surface area (Å²) in [7, 11) is 0. The molecular weight excluding hydrogens is 1080 g/mol. The molecule has 16 rings (SSSR count). The Balaban J connectivity index is 0.989. The highest BCUT2D eigenvalue weighted by Gasteiger charge is 2.51. The van der Waals surface area contributed by atoms with E-state index in [0.29, 0.717) is 0 Å². The monoisotopic (exact) mass is 1140 g/mol. The molecule has 1 aromatic heterocycles. The standard InChI is InChI=1S/C78H63B2N5OS/c1-5-52-32-40-59(41-33-52)81(60-42-34-53(6-2)35-43-60)63-48-69-73-70(49-63)85(58-26-16-11-17-27-58)75-76-78(87-77(75)79(73)65-28-18-20-30-67(65)83(69)56-22-12-9-13-23-56)80-66-29-19-21-31-68(66)84(57-24-14-10-15-25-57)71-50-64(51-72(86-76)74(71)80)82(61-44-36-54(7-3)37-45-61)62-46-38-55(8-4)39-47-62/h9-51H,5-8H2,1-4H3. The van der Waals surface area contributed by atoms with Gasteiger partial charge in [0.05, 0.1) is 17.1 Å². The number of nitrogens with zero attached hydrogens (tertiary/aromatic N) is 5. The van der Waals surface area contributed by atoms with Gasteiger partial charge < -0.3 is 29.2 Å². The van der Waals surface area contributed by atoms with Crippen molar-refractivity contribution in [3.63, 3.8) is 0 Å². The maximum Gasteiger partial charge on any atom is 0.268 e. The van der Waals surface area contributed by atoms with Crippen LogP contribution in [0, 0.1) is 0 Å². The molecule has 4 aliphatic rings. The predicted molar refractivity (Wildman–Crippen MR) is 371 cm³/mol. The van der Waals surface area contributed by atoms with Crippen molar-refractivity contribution in [2.45, 2.75) is 53.4 Å². The van der Waals surface area contributed by atoms with Crippen LogP contribution in [0.3, 0.4) is 0 Å². The van der Waals surface area contributed by atoms with Gasteiger partial charge in [-0.25, -0.2) is 0 Å². The topological polar surface area (TPSA) is 25.4 Å². The summed E-state index contributed by atoms with van der Waals surface area (Å²) in [5.74, 6) is 1.75. The fourth-order valence-corrected chi connectivity index (χ4v) is 15.5. The molecule has 0 unspecified atom stereocenters. The van der Waals surface area contributed by atoms with Crippen LogP contribution in [0.2, 0.25) is 0 Å². The van der Waals surface area contributed by atoms with E-state index < -0.39 is 0 Å². The van der Waals surface area contributed by atoms with Gasteiger partial charge in [0, 0.05) is 83.9 Å². The van der Waals surface area contributed by atoms with Crippen molar-refractivity contribution in [1.82, 2.24) is 0 Å². The van der Waals surface area contributed by atoms with Crippen molar-refractivity contribution in [3.8, 4) is 11.5 Å². The minimum Gasteiger partial charge on any atom is -0.455 e. The number of rotatable bonds is 13. The highest BCUT2D eigenvalue weighted by molar-refractivity contribution is 7.38. The molecule has 0 fully saturated rings. The molecule has 0 saturated carbocycles. The number of para-hydroxylation sites is 5. The lowest BCUT2D eigenvalue weighted by atomic mass is 9.35. The van der Waals surface area contributed by atoms with E-state index in [0.717, 1.165) is 122 Å². The summed E-state index contributed by atoms with van der Waals surface area (Å²) < 4.78 is 10.5. The first-order chi connectivity index (χ1) is 43.0. The Kier molecular flexibility index (Phi) is 13.0. The SMILES string of the molecule is CCc1ccc(N(c2ccc(CC)cc2)c2cc3c4c(c2)N(c2ccccc2)c2ccccc2B4c2sc4c(c2O3)N(c2ccccc2)c2cc(N(c3ccc(CC)cc3)c3ccc(CC)cc3)cc3c2B4c2ccccc2N3c2ccccc2)cc1. The molecule has 0 N–H and O–H groups in total. The summed E-state index contributed by atoms with van der Waals surface area (Å²) in [5.41, 5.74) is 26.6. The first kappa shape index (κ1) is 52.6. The van der Waals surface area contributed by atoms with Gasteiger partial charge in [0.1, 0.15) is 5.75 Å². The van der Waals surface area contributed by atoms with Crippen molar-refractivity contribution in [2.75, 3.05) is 24.5 Å². The maximum atomic E-state index is 8.04. The second-order valence-corrected chi connectivity index (χ2v) is 24.2. The van der Waals surface area contributed by atoms with Gasteiger partial charge in [0.25, 0.3) is 13.4 Å². The van der Waals surface area contributed by atoms with Gasteiger partial charge in [-0.3, -0.25) is 0 Å². The molecule has 0 saturated heterocycles. The Bertz CT molecular complexity index is 4460. The zero-order chi connectivity index (χ0) is 58.3. The number of fused-ring (bicyclic) bond motifs is 9. The number of ether oxygens (including phenoxy) is 1. The van der Waals surface area contributed by atoms with Crippen LogP contribution in [0.25, 0.3) is 0 Å². The van der Waals surface area contributed by atoms with E-state index >= 15 is 0 Å². The second kappa shape index (κ2) is 21.5. The molecule has 6 nitrogen and oxygen atoms in total. The van der Waals surface area contributed by atoms with Crippen molar-refractivity contribution in [3.05, 3.63) is 283 Å². The van der Waals surface area contributed by atoms with Gasteiger partial charge in [-0.05, 0) is 185 Å². The van der Waals surface area contributed by atoms with Gasteiger partial charge in [0.15, 0.2) is 5.75 Å². The van der Waals surface area contributed by atoms with E-state index in [1.807, 2.05) is 11.3 Å². The summed E-state index contributed by atoms with van der Waals surface area (Å²) in [4.78, 5) is 12.4. The average Bonchev–Trinajstić information content (AvgIpc) is 1.66. The molecule has 0 aliphatic carbocycles. The number of aryl methyl sites for hydroxylation is 4. The van der Waals surface area contributed by atoms with Crippen LogP contribution in [0.5, 0.6) is 11.5 Å². The number of anilines is 15. The van der Waals surface area contributed by atoms with E-state index in [4.69, 9.17) is 4.74 Å². The molecule has 0 atom stereocenters. The summed E-state index contributed by atoms with van der Waals surface area (Å²) in [6.45, 7) is 8.62. The summed E-state index contributed by atoms with van der Waals surface area (Å²) in [6, 6.07) is 97.3. The molecular formula is C78H63B2N5OS. The largest absolute Gasteiger partial charge is 0.455 e. The van der Waals surface area contributed by atoms with Gasteiger partial charge in [-0.15, -0.1) is 0 Å². The summed E-state index contributed by atoms with van der Waals surface area (Å²) >= 11 is 1.93. The van der Waals surface area contributed by atoms with E-state index in [-0.39, 0.29) is 13.4 Å². The molecule has 0 bridgehead atoms. The van der Waals surface area contributed by atoms with E-state index in [2.05, 4.69) is 313 Å². The quantitative estimate of drug-likeness (QED) is 0.107. The third-order valence-corrected chi connectivity index (χ3v) is 19.6. The third kappa shape index (κ3) is 8.61. The lowest BCUT2D eigenvalue weighted by Crippen LogP contribution is -2.60. The van der Waals surface area contributed by atoms with Crippen LogP contribution in [0.15, 0.2) is 261 Å². The highest BCUT2D eigenvalue weighted by atomic mass is 32.1. The smallest absolute Gasteiger partial charge is 0.268 e. The van der Waals surface area contributed by atoms with E-state index in [9.17, 15) is 0 Å². The summed E-state index contributed by atoms with van der Waals surface area (Å²) in [5, 5.41) is 0. The molecule has 0 spiro atoms. The molecule has 0 amide bonds. The summed E-state index contributed by atoms with van der Waals surface area (Å²) in [6.07, 6.45) is 3.85. The molecule has 11 aromatic carbocycles. The Morgan fingerprint density at radius 1 is 0.333 bits per heavy atom. The van der Waals surface area contributed by atoms with Crippen LogP contribution >= 0.6 is 11.3 Å². The molecule has 12 aromatic rings. The number of hydrogen-bond donors (Lipinski definition) is 0. The Labute approximate surface area is 515 Å². The lowest BCUT2D eigenvalue weighted by molar-refractivity contribution is 0.491.